The molecule has 112 valence electrons. The molecule has 3 rings (SSSR count). The number of ketones is 2. The monoisotopic (exact) mass is 318 g/mol. The summed E-state index contributed by atoms with van der Waals surface area (Å²) in [5.41, 5.74) is 5.06. The lowest BCUT2D eigenvalue weighted by Crippen LogP contribution is -2.23. The summed E-state index contributed by atoms with van der Waals surface area (Å²) in [6, 6.07) is 6.06. The summed E-state index contributed by atoms with van der Waals surface area (Å²) in [6.07, 6.45) is 0. The molecule has 0 amide bonds. The topological polar surface area (TPSA) is 138 Å². The van der Waals surface area contributed by atoms with Crippen molar-refractivity contribution in [3.8, 4) is 5.75 Å². The maximum absolute atomic E-state index is 12.4. The number of fused-ring (bicyclic) bond motifs is 2. The van der Waals surface area contributed by atoms with Crippen LogP contribution in [0.3, 0.4) is 0 Å². The number of benzene rings is 2. The Kier molecular flexibility index (Phi) is 2.84. The molecular formula is C14H8NO6S-. The Labute approximate surface area is 124 Å². The molecule has 1 aliphatic rings. The summed E-state index contributed by atoms with van der Waals surface area (Å²) >= 11 is 0. The fourth-order valence-corrected chi connectivity index (χ4v) is 3.05. The molecule has 0 atom stereocenters. The molecule has 0 aromatic heterocycles. The van der Waals surface area contributed by atoms with Crippen LogP contribution in [-0.4, -0.2) is 29.6 Å². The van der Waals surface area contributed by atoms with E-state index in [0.717, 1.165) is 12.1 Å². The van der Waals surface area contributed by atoms with E-state index in [4.69, 9.17) is 5.73 Å². The van der Waals surface area contributed by atoms with Crippen molar-refractivity contribution in [3.63, 3.8) is 0 Å². The molecule has 0 fully saturated rings. The summed E-state index contributed by atoms with van der Waals surface area (Å²) in [5, 5.41) is 9.97. The van der Waals surface area contributed by atoms with Crippen LogP contribution >= 0.6 is 0 Å². The summed E-state index contributed by atoms with van der Waals surface area (Å²) in [4.78, 5) is 23.9. The van der Waals surface area contributed by atoms with Crippen molar-refractivity contribution >= 4 is 27.4 Å². The highest BCUT2D eigenvalue weighted by Gasteiger charge is 2.34. The Morgan fingerprint density at radius 2 is 1.55 bits per heavy atom. The minimum absolute atomic E-state index is 0.00266. The first-order valence-corrected chi connectivity index (χ1v) is 7.44. The van der Waals surface area contributed by atoms with Crippen LogP contribution in [0.25, 0.3) is 0 Å². The summed E-state index contributed by atoms with van der Waals surface area (Å²) in [7, 11) is -4.98. The van der Waals surface area contributed by atoms with Gasteiger partial charge in [0.05, 0.1) is 16.0 Å². The van der Waals surface area contributed by atoms with E-state index in [1.807, 2.05) is 0 Å². The summed E-state index contributed by atoms with van der Waals surface area (Å²) in [5.74, 6) is -2.40. The molecule has 1 aliphatic carbocycles. The Hall–Kier alpha value is -2.71. The lowest BCUT2D eigenvalue weighted by molar-refractivity contribution is 0.0976. The highest BCUT2D eigenvalue weighted by atomic mass is 32.2. The zero-order valence-electron chi connectivity index (χ0n) is 10.9. The molecule has 2 aromatic rings. The first-order chi connectivity index (χ1) is 10.2. The molecule has 8 heteroatoms. The standard InChI is InChI=1S/C14H9NO6S/c15-8-3-1-2-6-10(8)12(16)7-4-5-9(22(19,20)21)14(18)11(7)13(6)17/h1-5,18H,15H2,(H,19,20,21)/p-1. The number of phenolic OH excluding ortho intramolecular Hbond substituents is 1. The third-order valence-electron chi connectivity index (χ3n) is 3.45. The van der Waals surface area contributed by atoms with Gasteiger partial charge in [-0.3, -0.25) is 9.59 Å². The van der Waals surface area contributed by atoms with Gasteiger partial charge in [0.25, 0.3) is 0 Å². The van der Waals surface area contributed by atoms with Crippen LogP contribution in [-0.2, 0) is 10.1 Å². The maximum Gasteiger partial charge on any atom is 0.198 e. The van der Waals surface area contributed by atoms with E-state index in [9.17, 15) is 27.7 Å². The molecule has 0 heterocycles. The van der Waals surface area contributed by atoms with Crippen LogP contribution in [0.5, 0.6) is 5.75 Å². The molecule has 0 saturated carbocycles. The van der Waals surface area contributed by atoms with Crippen LogP contribution < -0.4 is 5.73 Å². The van der Waals surface area contributed by atoms with Crippen molar-refractivity contribution in [1.29, 1.82) is 0 Å². The minimum Gasteiger partial charge on any atom is -0.744 e. The summed E-state index contributed by atoms with van der Waals surface area (Å²) < 4.78 is 33.3. The van der Waals surface area contributed by atoms with Crippen LogP contribution in [0, 0.1) is 0 Å². The van der Waals surface area contributed by atoms with E-state index >= 15 is 0 Å². The Bertz CT molecular complexity index is 962. The van der Waals surface area contributed by atoms with Crippen molar-refractivity contribution in [2.75, 3.05) is 5.73 Å². The first-order valence-electron chi connectivity index (χ1n) is 6.03. The number of nitrogen functional groups attached to an aromatic ring is 1. The number of nitrogens with two attached hydrogens (primary N) is 1. The van der Waals surface area contributed by atoms with Crippen LogP contribution in [0.15, 0.2) is 35.2 Å². The van der Waals surface area contributed by atoms with E-state index < -0.39 is 37.9 Å². The first kappa shape index (κ1) is 14.2. The van der Waals surface area contributed by atoms with E-state index in [2.05, 4.69) is 0 Å². The second kappa shape index (κ2) is 4.39. The van der Waals surface area contributed by atoms with Gasteiger partial charge in [0.1, 0.15) is 15.9 Å². The lowest BCUT2D eigenvalue weighted by atomic mass is 9.83. The van der Waals surface area contributed by atoms with Gasteiger partial charge in [-0.15, -0.1) is 0 Å². The fraction of sp³-hybridized carbons (Fsp3) is 0. The van der Waals surface area contributed by atoms with Crippen molar-refractivity contribution < 1.29 is 27.7 Å². The lowest BCUT2D eigenvalue weighted by Gasteiger charge is -2.21. The van der Waals surface area contributed by atoms with Crippen molar-refractivity contribution in [2.45, 2.75) is 4.90 Å². The molecule has 22 heavy (non-hydrogen) atoms. The molecule has 0 aliphatic heterocycles. The Morgan fingerprint density at radius 1 is 0.955 bits per heavy atom. The van der Waals surface area contributed by atoms with Gasteiger partial charge in [0.15, 0.2) is 11.6 Å². The second-order valence-corrected chi connectivity index (χ2v) is 6.07. The molecule has 7 nitrogen and oxygen atoms in total. The second-order valence-electron chi connectivity index (χ2n) is 4.72. The van der Waals surface area contributed by atoms with Crippen LogP contribution in [0.4, 0.5) is 5.69 Å². The highest BCUT2D eigenvalue weighted by Crippen LogP contribution is 2.38. The molecule has 0 bridgehead atoms. The third-order valence-corrected chi connectivity index (χ3v) is 4.32. The van der Waals surface area contributed by atoms with Crippen molar-refractivity contribution in [1.82, 2.24) is 0 Å². The average Bonchev–Trinajstić information content (AvgIpc) is 2.43. The normalized spacial score (nSPS) is 13.7. The number of carbonyl (C=O) groups is 2. The quantitative estimate of drug-likeness (QED) is 0.496. The van der Waals surface area contributed by atoms with Crippen LogP contribution in [0.2, 0.25) is 0 Å². The molecule has 0 saturated heterocycles. The molecule has 3 N–H and O–H groups in total. The number of phenols is 1. The molecule has 0 spiro atoms. The SMILES string of the molecule is Nc1cccc2c1C(=O)c1ccc(S(=O)(=O)[O-])c(O)c1C2=O. The smallest absolute Gasteiger partial charge is 0.198 e. The van der Waals surface area contributed by atoms with Gasteiger partial charge < -0.3 is 15.4 Å². The fourth-order valence-electron chi connectivity index (χ4n) is 2.47. The molecular weight excluding hydrogens is 310 g/mol. The van der Waals surface area contributed by atoms with E-state index in [-0.39, 0.29) is 22.4 Å². The minimum atomic E-state index is -4.98. The number of aromatic hydroxyl groups is 1. The number of rotatable bonds is 1. The van der Waals surface area contributed by atoms with Gasteiger partial charge in [0.2, 0.25) is 0 Å². The Morgan fingerprint density at radius 3 is 2.18 bits per heavy atom. The van der Waals surface area contributed by atoms with Crippen LogP contribution in [0.1, 0.15) is 31.8 Å². The summed E-state index contributed by atoms with van der Waals surface area (Å²) in [6.45, 7) is 0. The third kappa shape index (κ3) is 1.81. The Balaban J connectivity index is 2.38. The van der Waals surface area contributed by atoms with Crippen molar-refractivity contribution in [3.05, 3.63) is 52.6 Å². The number of hydrogen-bond donors (Lipinski definition) is 2. The largest absolute Gasteiger partial charge is 0.744 e. The zero-order chi connectivity index (χ0) is 16.2. The maximum atomic E-state index is 12.4. The average molecular weight is 318 g/mol. The van der Waals surface area contributed by atoms with Gasteiger partial charge in [-0.05, 0) is 18.2 Å². The molecule has 0 unspecified atom stereocenters. The number of anilines is 1. The van der Waals surface area contributed by atoms with Gasteiger partial charge in [-0.25, -0.2) is 8.42 Å². The highest BCUT2D eigenvalue weighted by molar-refractivity contribution is 7.85. The van der Waals surface area contributed by atoms with E-state index in [0.29, 0.717) is 0 Å². The number of carbonyl (C=O) groups excluding carboxylic acids is 2. The zero-order valence-corrected chi connectivity index (χ0v) is 11.7. The van der Waals surface area contributed by atoms with E-state index in [1.165, 1.54) is 18.2 Å². The van der Waals surface area contributed by atoms with Gasteiger partial charge in [-0.2, -0.15) is 0 Å². The van der Waals surface area contributed by atoms with Crippen molar-refractivity contribution in [2.24, 2.45) is 0 Å². The van der Waals surface area contributed by atoms with Gasteiger partial charge in [0, 0.05) is 16.8 Å². The predicted molar refractivity (Wildman–Crippen MR) is 73.8 cm³/mol. The molecule has 2 aromatic carbocycles. The van der Waals surface area contributed by atoms with E-state index in [1.54, 1.807) is 0 Å². The number of hydrogen-bond acceptors (Lipinski definition) is 7. The molecule has 0 radical (unpaired) electrons. The van der Waals surface area contributed by atoms with Gasteiger partial charge >= 0.3 is 0 Å². The predicted octanol–water partition coefficient (Wildman–Crippen LogP) is 0.654. The van der Waals surface area contributed by atoms with Gasteiger partial charge in [-0.1, -0.05) is 12.1 Å².